The van der Waals surface area contributed by atoms with E-state index in [0.29, 0.717) is 16.6 Å². The normalized spacial score (nSPS) is 14.8. The van der Waals surface area contributed by atoms with Crippen LogP contribution < -0.4 is 15.0 Å². The molecule has 0 aliphatic carbocycles. The third kappa shape index (κ3) is 4.50. The minimum Gasteiger partial charge on any atom is -0.496 e. The van der Waals surface area contributed by atoms with Gasteiger partial charge in [-0.05, 0) is 60.3 Å². The van der Waals surface area contributed by atoms with E-state index in [0.717, 1.165) is 32.4 Å². The summed E-state index contributed by atoms with van der Waals surface area (Å²) in [5.74, 6) is 1.33. The Kier molecular flexibility index (Phi) is 6.13. The van der Waals surface area contributed by atoms with Crippen LogP contribution in [0.15, 0.2) is 82.8 Å². The first-order valence-electron chi connectivity index (χ1n) is 10.2. The van der Waals surface area contributed by atoms with Crippen LogP contribution in [0.2, 0.25) is 0 Å². The van der Waals surface area contributed by atoms with Crippen LogP contribution in [0.5, 0.6) is 5.75 Å². The van der Waals surface area contributed by atoms with Gasteiger partial charge in [0.2, 0.25) is 0 Å². The van der Waals surface area contributed by atoms with Crippen LogP contribution in [0.3, 0.4) is 0 Å². The number of carbonyl (C=O) groups is 1. The fourth-order valence-electron chi connectivity index (χ4n) is 3.57. The maximum atomic E-state index is 13.0. The number of fused-ring (bicyclic) bond motifs is 1. The molecule has 0 saturated carbocycles. The van der Waals surface area contributed by atoms with E-state index in [-0.39, 0.29) is 5.91 Å². The summed E-state index contributed by atoms with van der Waals surface area (Å²) in [6, 6.07) is 23.4. The summed E-state index contributed by atoms with van der Waals surface area (Å²) in [5.41, 5.74) is 4.12. The van der Waals surface area contributed by atoms with E-state index in [2.05, 4.69) is 11.4 Å². The number of ether oxygens (including phenoxy) is 1. The molecule has 33 heavy (non-hydrogen) atoms. The molecule has 164 valence electrons. The lowest BCUT2D eigenvalue weighted by atomic mass is 10.1. The zero-order valence-corrected chi connectivity index (χ0v) is 20.1. The van der Waals surface area contributed by atoms with Crippen molar-refractivity contribution in [2.45, 2.75) is 10.1 Å². The molecule has 1 fully saturated rings. The van der Waals surface area contributed by atoms with Crippen LogP contribution in [0.1, 0.15) is 11.1 Å². The first kappa shape index (κ1) is 21.6. The van der Waals surface area contributed by atoms with Crippen molar-refractivity contribution in [1.29, 1.82) is 0 Å². The standard InChI is InChI=1S/C25H19N3O2S3/c1-30-21-12-11-16(13-17(21)15-32-25-27-19-9-5-6-10-22(19)33-25)14-20-23(29)28(24(31)26-20)18-7-3-2-4-8-18/h2-14H,15H2,1H3,(H,26,31). The van der Waals surface area contributed by atoms with Crippen molar-refractivity contribution in [2.75, 3.05) is 12.0 Å². The first-order chi connectivity index (χ1) is 16.1. The summed E-state index contributed by atoms with van der Waals surface area (Å²) in [6.07, 6.45) is 1.82. The molecule has 4 aromatic rings. The van der Waals surface area contributed by atoms with Crippen molar-refractivity contribution in [3.05, 3.63) is 89.6 Å². The number of thiazole rings is 1. The van der Waals surface area contributed by atoms with Crippen molar-refractivity contribution in [3.8, 4) is 5.75 Å². The molecule has 0 unspecified atom stereocenters. The summed E-state index contributed by atoms with van der Waals surface area (Å²) < 4.78 is 7.76. The molecule has 5 rings (SSSR count). The SMILES string of the molecule is COc1ccc(C=C2NC(=S)N(c3ccccc3)C2=O)cc1CSc1nc2ccccc2s1. The van der Waals surface area contributed by atoms with Crippen LogP contribution in [-0.2, 0) is 10.5 Å². The Morgan fingerprint density at radius 1 is 1.12 bits per heavy atom. The number of rotatable bonds is 6. The van der Waals surface area contributed by atoms with E-state index in [1.54, 1.807) is 30.2 Å². The Morgan fingerprint density at radius 3 is 2.70 bits per heavy atom. The predicted molar refractivity (Wildman–Crippen MR) is 140 cm³/mol. The van der Waals surface area contributed by atoms with Crippen LogP contribution >= 0.6 is 35.3 Å². The van der Waals surface area contributed by atoms with Gasteiger partial charge < -0.3 is 10.1 Å². The molecule has 0 atom stereocenters. The smallest absolute Gasteiger partial charge is 0.281 e. The van der Waals surface area contributed by atoms with Gasteiger partial charge in [0, 0.05) is 11.3 Å². The molecule has 1 amide bonds. The highest BCUT2D eigenvalue weighted by Crippen LogP contribution is 2.34. The average molecular weight is 490 g/mol. The lowest BCUT2D eigenvalue weighted by Crippen LogP contribution is -2.30. The molecule has 1 N–H and O–H groups in total. The quantitative estimate of drug-likeness (QED) is 0.208. The molecule has 8 heteroatoms. The minimum absolute atomic E-state index is 0.174. The summed E-state index contributed by atoms with van der Waals surface area (Å²) in [4.78, 5) is 19.2. The number of hydrogen-bond donors (Lipinski definition) is 1. The number of hydrogen-bond acceptors (Lipinski definition) is 6. The third-order valence-corrected chi connectivity index (χ3v) is 7.65. The Bertz CT molecular complexity index is 1350. The van der Waals surface area contributed by atoms with Crippen molar-refractivity contribution in [3.63, 3.8) is 0 Å². The molecule has 0 bridgehead atoms. The van der Waals surface area contributed by atoms with E-state index in [9.17, 15) is 4.79 Å². The largest absolute Gasteiger partial charge is 0.496 e. The second-order valence-electron chi connectivity index (χ2n) is 7.27. The number of para-hydroxylation sites is 2. The van der Waals surface area contributed by atoms with E-state index in [1.807, 2.05) is 72.8 Å². The lowest BCUT2D eigenvalue weighted by molar-refractivity contribution is -0.113. The molecule has 2 heterocycles. The van der Waals surface area contributed by atoms with Crippen molar-refractivity contribution in [2.24, 2.45) is 0 Å². The molecule has 0 spiro atoms. The van der Waals surface area contributed by atoms with E-state index in [4.69, 9.17) is 21.9 Å². The number of nitrogens with zero attached hydrogens (tertiary/aromatic N) is 2. The van der Waals surface area contributed by atoms with Gasteiger partial charge in [-0.3, -0.25) is 9.69 Å². The Balaban J connectivity index is 1.38. The zero-order chi connectivity index (χ0) is 22.8. The van der Waals surface area contributed by atoms with Gasteiger partial charge >= 0.3 is 0 Å². The van der Waals surface area contributed by atoms with E-state index in [1.165, 1.54) is 9.60 Å². The summed E-state index contributed by atoms with van der Waals surface area (Å²) in [6.45, 7) is 0. The highest BCUT2D eigenvalue weighted by atomic mass is 32.2. The minimum atomic E-state index is -0.174. The molecule has 0 radical (unpaired) electrons. The maximum Gasteiger partial charge on any atom is 0.281 e. The van der Waals surface area contributed by atoms with Crippen LogP contribution in [0, 0.1) is 0 Å². The van der Waals surface area contributed by atoms with Gasteiger partial charge in [-0.15, -0.1) is 11.3 Å². The van der Waals surface area contributed by atoms with Crippen LogP contribution in [0.4, 0.5) is 5.69 Å². The number of benzene rings is 3. The van der Waals surface area contributed by atoms with Crippen molar-refractivity contribution in [1.82, 2.24) is 10.3 Å². The molecule has 1 aliphatic heterocycles. The molecule has 5 nitrogen and oxygen atoms in total. The number of anilines is 1. The maximum absolute atomic E-state index is 13.0. The van der Waals surface area contributed by atoms with Crippen LogP contribution in [0.25, 0.3) is 16.3 Å². The van der Waals surface area contributed by atoms with Crippen molar-refractivity contribution >= 4 is 68.3 Å². The Labute approximate surface area is 205 Å². The van der Waals surface area contributed by atoms with Gasteiger partial charge in [0.05, 0.1) is 23.0 Å². The van der Waals surface area contributed by atoms with Crippen LogP contribution in [-0.4, -0.2) is 23.1 Å². The van der Waals surface area contributed by atoms with E-state index >= 15 is 0 Å². The Morgan fingerprint density at radius 2 is 1.91 bits per heavy atom. The summed E-state index contributed by atoms with van der Waals surface area (Å²) >= 11 is 8.76. The highest BCUT2D eigenvalue weighted by molar-refractivity contribution is 8.00. The zero-order valence-electron chi connectivity index (χ0n) is 17.6. The van der Waals surface area contributed by atoms with Gasteiger partial charge in [-0.25, -0.2) is 4.98 Å². The molecule has 3 aromatic carbocycles. The fraction of sp³-hybridized carbons (Fsp3) is 0.0800. The number of thioether (sulfide) groups is 1. The topological polar surface area (TPSA) is 54.5 Å². The third-order valence-electron chi connectivity index (χ3n) is 5.13. The number of nitrogens with one attached hydrogen (secondary N) is 1. The lowest BCUT2D eigenvalue weighted by Gasteiger charge is -2.13. The number of aromatic nitrogens is 1. The monoisotopic (exact) mass is 489 g/mol. The van der Waals surface area contributed by atoms with Gasteiger partial charge in [0.1, 0.15) is 11.4 Å². The predicted octanol–water partition coefficient (Wildman–Crippen LogP) is 5.86. The molecule has 1 aliphatic rings. The second kappa shape index (κ2) is 9.35. The first-order valence-corrected chi connectivity index (χ1v) is 12.4. The number of thiocarbonyl (C=S) groups is 1. The molecular formula is C25H19N3O2S3. The molecular weight excluding hydrogens is 470 g/mol. The number of methoxy groups -OCH3 is 1. The number of amides is 1. The van der Waals surface area contributed by atoms with Gasteiger partial charge in [-0.1, -0.05) is 48.2 Å². The Hall–Kier alpha value is -3.20. The van der Waals surface area contributed by atoms with Gasteiger partial charge in [-0.2, -0.15) is 0 Å². The number of carbonyl (C=O) groups excluding carboxylic acids is 1. The molecule has 1 saturated heterocycles. The second-order valence-corrected chi connectivity index (χ2v) is 9.91. The summed E-state index contributed by atoms with van der Waals surface area (Å²) in [5, 5.41) is 3.42. The van der Waals surface area contributed by atoms with Gasteiger partial charge in [0.15, 0.2) is 9.45 Å². The highest BCUT2D eigenvalue weighted by Gasteiger charge is 2.31. The summed E-state index contributed by atoms with van der Waals surface area (Å²) in [7, 11) is 1.66. The fourth-order valence-corrected chi connectivity index (χ4v) is 5.91. The average Bonchev–Trinajstić information content (AvgIpc) is 3.38. The van der Waals surface area contributed by atoms with E-state index < -0.39 is 0 Å². The van der Waals surface area contributed by atoms with Crippen molar-refractivity contribution < 1.29 is 9.53 Å². The molecule has 1 aromatic heterocycles. The van der Waals surface area contributed by atoms with Gasteiger partial charge in [0.25, 0.3) is 5.91 Å².